The van der Waals surface area contributed by atoms with E-state index in [0.29, 0.717) is 36.8 Å². The summed E-state index contributed by atoms with van der Waals surface area (Å²) < 4.78 is 10.7. The number of amides is 1. The normalized spacial score (nSPS) is 16.3. The lowest BCUT2D eigenvalue weighted by Gasteiger charge is -2.33. The molecule has 0 aliphatic carbocycles. The van der Waals surface area contributed by atoms with Crippen molar-refractivity contribution in [3.8, 4) is 28.3 Å². The van der Waals surface area contributed by atoms with Crippen molar-refractivity contribution in [3.63, 3.8) is 0 Å². The molecule has 162 valence electrons. The molecule has 1 atom stereocenters. The largest absolute Gasteiger partial charge is 0.497 e. The molecular weight excluding hydrogens is 404 g/mol. The van der Waals surface area contributed by atoms with Crippen molar-refractivity contribution in [1.29, 1.82) is 0 Å². The van der Waals surface area contributed by atoms with Crippen LogP contribution in [0.2, 0.25) is 0 Å². The number of pyridine rings is 1. The van der Waals surface area contributed by atoms with Crippen LogP contribution in [0.5, 0.6) is 5.75 Å². The van der Waals surface area contributed by atoms with Gasteiger partial charge in [0, 0.05) is 29.4 Å². The fraction of sp³-hybridized carbons (Fsp3) is 0.240. The summed E-state index contributed by atoms with van der Waals surface area (Å²) in [6, 6.07) is 17.5. The van der Waals surface area contributed by atoms with E-state index in [4.69, 9.17) is 9.47 Å². The standard InChI is InChI=1S/C25H24N4O3/c1-16-15-32-14-13-29(16)25(30)19-5-3-18(4-6-19)23-27-22-21(11-12-26-24(22)28-23)17-7-9-20(31-2)10-8-17/h3-12,16H,13-15H2,1-2H3,(H,26,27,28)/t16-/m1/s1. The van der Waals surface area contributed by atoms with E-state index in [-0.39, 0.29) is 11.9 Å². The Morgan fingerprint density at radius 2 is 1.84 bits per heavy atom. The van der Waals surface area contributed by atoms with Gasteiger partial charge in [-0.2, -0.15) is 0 Å². The highest BCUT2D eigenvalue weighted by Gasteiger charge is 2.24. The highest BCUT2D eigenvalue weighted by Crippen LogP contribution is 2.30. The first-order chi connectivity index (χ1) is 15.6. The van der Waals surface area contributed by atoms with Crippen LogP contribution in [0.15, 0.2) is 60.8 Å². The molecule has 32 heavy (non-hydrogen) atoms. The highest BCUT2D eigenvalue weighted by atomic mass is 16.5. The molecule has 7 heteroatoms. The summed E-state index contributed by atoms with van der Waals surface area (Å²) in [5.74, 6) is 1.55. The number of imidazole rings is 1. The lowest BCUT2D eigenvalue weighted by Crippen LogP contribution is -2.47. The van der Waals surface area contributed by atoms with E-state index in [1.54, 1.807) is 13.3 Å². The maximum absolute atomic E-state index is 12.9. The van der Waals surface area contributed by atoms with Crippen molar-refractivity contribution in [2.45, 2.75) is 13.0 Å². The predicted molar refractivity (Wildman–Crippen MR) is 123 cm³/mol. The maximum atomic E-state index is 12.9. The smallest absolute Gasteiger partial charge is 0.254 e. The zero-order valence-electron chi connectivity index (χ0n) is 18.0. The van der Waals surface area contributed by atoms with Crippen LogP contribution in [0, 0.1) is 0 Å². The van der Waals surface area contributed by atoms with Crippen molar-refractivity contribution < 1.29 is 14.3 Å². The van der Waals surface area contributed by atoms with E-state index in [1.807, 2.05) is 66.4 Å². The number of carbonyl (C=O) groups excluding carboxylic acids is 1. The molecule has 1 saturated heterocycles. The van der Waals surface area contributed by atoms with Gasteiger partial charge in [0.05, 0.1) is 31.9 Å². The Labute approximate surface area is 186 Å². The van der Waals surface area contributed by atoms with Crippen LogP contribution >= 0.6 is 0 Å². The number of hydrogen-bond donors (Lipinski definition) is 1. The number of carbonyl (C=O) groups is 1. The number of methoxy groups -OCH3 is 1. The Balaban J connectivity index is 1.44. The van der Waals surface area contributed by atoms with Gasteiger partial charge in [-0.05, 0) is 42.8 Å². The fourth-order valence-corrected chi connectivity index (χ4v) is 4.02. The second-order valence-corrected chi connectivity index (χ2v) is 7.87. The van der Waals surface area contributed by atoms with Crippen molar-refractivity contribution in [2.24, 2.45) is 0 Å². The van der Waals surface area contributed by atoms with Gasteiger partial charge in [0.25, 0.3) is 5.91 Å². The van der Waals surface area contributed by atoms with Crippen LogP contribution in [0.4, 0.5) is 0 Å². The summed E-state index contributed by atoms with van der Waals surface area (Å²) in [7, 11) is 1.65. The van der Waals surface area contributed by atoms with E-state index in [9.17, 15) is 4.79 Å². The molecule has 3 heterocycles. The lowest BCUT2D eigenvalue weighted by atomic mass is 10.1. The van der Waals surface area contributed by atoms with E-state index in [2.05, 4.69) is 15.0 Å². The SMILES string of the molecule is COc1ccc(-c2ccnc3nc(-c4ccc(C(=O)N5CCOC[C@H]5C)cc4)[nH]c23)cc1. The zero-order valence-corrected chi connectivity index (χ0v) is 18.0. The molecule has 1 amide bonds. The van der Waals surface area contributed by atoms with Crippen LogP contribution in [0.3, 0.4) is 0 Å². The molecule has 0 radical (unpaired) electrons. The molecule has 0 spiro atoms. The number of rotatable bonds is 4. The van der Waals surface area contributed by atoms with Crippen LogP contribution in [-0.2, 0) is 4.74 Å². The Morgan fingerprint density at radius 1 is 1.09 bits per heavy atom. The van der Waals surface area contributed by atoms with Crippen LogP contribution in [0.25, 0.3) is 33.7 Å². The van der Waals surface area contributed by atoms with Gasteiger partial charge in [0.15, 0.2) is 5.65 Å². The van der Waals surface area contributed by atoms with Crippen LogP contribution < -0.4 is 4.74 Å². The molecule has 5 rings (SSSR count). The summed E-state index contributed by atoms with van der Waals surface area (Å²) >= 11 is 0. The van der Waals surface area contributed by atoms with Crippen molar-refractivity contribution in [1.82, 2.24) is 19.9 Å². The number of aromatic nitrogens is 3. The minimum Gasteiger partial charge on any atom is -0.497 e. The van der Waals surface area contributed by atoms with Crippen LogP contribution in [0.1, 0.15) is 17.3 Å². The van der Waals surface area contributed by atoms with Gasteiger partial charge in [-0.1, -0.05) is 24.3 Å². The summed E-state index contributed by atoms with van der Waals surface area (Å²) in [5.41, 5.74) is 5.15. The van der Waals surface area contributed by atoms with E-state index in [0.717, 1.165) is 28.0 Å². The first-order valence-electron chi connectivity index (χ1n) is 10.6. The number of ether oxygens (including phenoxy) is 2. The molecule has 0 unspecified atom stereocenters. The number of nitrogens with zero attached hydrogens (tertiary/aromatic N) is 3. The zero-order chi connectivity index (χ0) is 22.1. The third-order valence-corrected chi connectivity index (χ3v) is 5.83. The monoisotopic (exact) mass is 428 g/mol. The van der Waals surface area contributed by atoms with E-state index < -0.39 is 0 Å². The summed E-state index contributed by atoms with van der Waals surface area (Å²) in [6.45, 7) is 3.78. The third kappa shape index (κ3) is 3.71. The molecule has 0 saturated carbocycles. The Hall–Kier alpha value is -3.71. The van der Waals surface area contributed by atoms with Crippen molar-refractivity contribution in [3.05, 3.63) is 66.4 Å². The fourth-order valence-electron chi connectivity index (χ4n) is 4.02. The molecule has 0 bridgehead atoms. The Bertz CT molecular complexity index is 1250. The minimum atomic E-state index is 0.0282. The first kappa shape index (κ1) is 20.2. The van der Waals surface area contributed by atoms with Gasteiger partial charge >= 0.3 is 0 Å². The number of fused-ring (bicyclic) bond motifs is 1. The second-order valence-electron chi connectivity index (χ2n) is 7.87. The summed E-state index contributed by atoms with van der Waals surface area (Å²) in [6.07, 6.45) is 1.76. The molecule has 1 N–H and O–H groups in total. The second kappa shape index (κ2) is 8.43. The molecule has 1 aliphatic heterocycles. The first-order valence-corrected chi connectivity index (χ1v) is 10.6. The average Bonchev–Trinajstić information content (AvgIpc) is 3.29. The number of hydrogen-bond acceptors (Lipinski definition) is 5. The van der Waals surface area contributed by atoms with E-state index in [1.165, 1.54) is 0 Å². The quantitative estimate of drug-likeness (QED) is 0.528. The molecule has 7 nitrogen and oxygen atoms in total. The number of benzene rings is 2. The molecule has 1 fully saturated rings. The number of nitrogens with one attached hydrogen (secondary N) is 1. The van der Waals surface area contributed by atoms with Gasteiger partial charge in [-0.15, -0.1) is 0 Å². The molecule has 2 aromatic carbocycles. The number of H-pyrrole nitrogens is 1. The predicted octanol–water partition coefficient (Wildman–Crippen LogP) is 4.16. The summed E-state index contributed by atoms with van der Waals surface area (Å²) in [5, 5.41) is 0. The maximum Gasteiger partial charge on any atom is 0.254 e. The van der Waals surface area contributed by atoms with Gasteiger partial charge in [0.2, 0.25) is 0 Å². The molecule has 2 aromatic heterocycles. The van der Waals surface area contributed by atoms with Gasteiger partial charge in [-0.25, -0.2) is 9.97 Å². The van der Waals surface area contributed by atoms with E-state index >= 15 is 0 Å². The average molecular weight is 428 g/mol. The lowest BCUT2D eigenvalue weighted by molar-refractivity contribution is 0.00359. The highest BCUT2D eigenvalue weighted by molar-refractivity contribution is 5.95. The molecule has 4 aromatic rings. The summed E-state index contributed by atoms with van der Waals surface area (Å²) in [4.78, 5) is 27.2. The molecule has 1 aliphatic rings. The Kier molecular flexibility index (Phi) is 5.33. The minimum absolute atomic E-state index is 0.0282. The molecular formula is C25H24N4O3. The van der Waals surface area contributed by atoms with Crippen LogP contribution in [-0.4, -0.2) is 58.7 Å². The van der Waals surface area contributed by atoms with Gasteiger partial charge in [-0.3, -0.25) is 4.79 Å². The third-order valence-electron chi connectivity index (χ3n) is 5.83. The Morgan fingerprint density at radius 3 is 2.56 bits per heavy atom. The number of morpholine rings is 1. The van der Waals surface area contributed by atoms with Crippen molar-refractivity contribution in [2.75, 3.05) is 26.9 Å². The topological polar surface area (TPSA) is 80.3 Å². The van der Waals surface area contributed by atoms with Crippen molar-refractivity contribution >= 4 is 17.1 Å². The van der Waals surface area contributed by atoms with Gasteiger partial charge < -0.3 is 19.4 Å². The van der Waals surface area contributed by atoms with Gasteiger partial charge in [0.1, 0.15) is 11.6 Å². The number of aromatic amines is 1.